The summed E-state index contributed by atoms with van der Waals surface area (Å²) in [6.07, 6.45) is 3.26. The largest absolute Gasteiger partial charge is 1.00 e. The molecule has 0 unspecified atom stereocenters. The van der Waals surface area contributed by atoms with Gasteiger partial charge >= 0.3 is 111 Å². The Labute approximate surface area is 136 Å². The molecule has 19 heavy (non-hydrogen) atoms. The molecule has 0 fully saturated rings. The summed E-state index contributed by atoms with van der Waals surface area (Å²) in [6.45, 7) is 6.60. The summed E-state index contributed by atoms with van der Waals surface area (Å²) in [5.74, 6) is 1.70. The molecule has 0 saturated carbocycles. The van der Waals surface area contributed by atoms with E-state index in [1.807, 2.05) is 3.58 Å². The second-order valence-corrected chi connectivity index (χ2v) is 4.86. The molecule has 0 aliphatic rings. The summed E-state index contributed by atoms with van der Waals surface area (Å²) in [7, 11) is 0. The third-order valence-electron chi connectivity index (χ3n) is 3.51. The molecule has 0 bridgehead atoms. The second-order valence-electron chi connectivity index (χ2n) is 4.44. The molecule has 1 heterocycles. The quantitative estimate of drug-likeness (QED) is 0.577. The number of nitrogens with zero attached hydrogens (tertiary/aromatic N) is 1. The van der Waals surface area contributed by atoms with Crippen LogP contribution in [0.2, 0.25) is 0 Å². The summed E-state index contributed by atoms with van der Waals surface area (Å²) < 4.78 is 1.92. The Morgan fingerprint density at radius 3 is 2.32 bits per heavy atom. The Bertz CT molecular complexity index is 521. The van der Waals surface area contributed by atoms with Gasteiger partial charge < -0.3 is 24.8 Å². The Kier molecular flexibility index (Phi) is 8.07. The number of halogens is 2. The van der Waals surface area contributed by atoms with Gasteiger partial charge in [0.15, 0.2) is 0 Å². The van der Waals surface area contributed by atoms with Crippen molar-refractivity contribution >= 4 is 11.0 Å². The number of rotatable bonds is 4. The van der Waals surface area contributed by atoms with Crippen LogP contribution >= 0.6 is 0 Å². The van der Waals surface area contributed by atoms with Gasteiger partial charge in [-0.05, 0) is 0 Å². The second kappa shape index (κ2) is 8.16. The van der Waals surface area contributed by atoms with Crippen molar-refractivity contribution in [1.29, 1.82) is 0 Å². The summed E-state index contributed by atoms with van der Waals surface area (Å²) >= 11 is 5.74. The zero-order chi connectivity index (χ0) is 12.4. The molecule has 0 atom stereocenters. The number of aromatic amines is 1. The van der Waals surface area contributed by atoms with Gasteiger partial charge in [0, 0.05) is 0 Å². The summed E-state index contributed by atoms with van der Waals surface area (Å²) in [4.78, 5) is 3.49. The molecule has 1 N–H and O–H groups in total. The molecule has 2 nitrogen and oxygen atoms in total. The van der Waals surface area contributed by atoms with E-state index in [2.05, 4.69) is 44.0 Å². The average molecular weight is 351 g/mol. The number of para-hydroxylation sites is 1. The van der Waals surface area contributed by atoms with Crippen LogP contribution in [0, 0.1) is 0 Å². The molecule has 0 saturated heterocycles. The molecule has 0 aliphatic carbocycles. The Balaban J connectivity index is 0.00000162. The van der Waals surface area contributed by atoms with E-state index in [-0.39, 0.29) is 24.8 Å². The van der Waals surface area contributed by atoms with Crippen molar-refractivity contribution in [3.63, 3.8) is 0 Å². The van der Waals surface area contributed by atoms with Gasteiger partial charge in [-0.3, -0.25) is 0 Å². The fraction of sp³-hybridized carbons (Fsp3) is 0.500. The number of aryl methyl sites for hydroxylation is 1. The first-order valence-electron chi connectivity index (χ1n) is 6.41. The van der Waals surface area contributed by atoms with E-state index in [1.165, 1.54) is 16.9 Å². The zero-order valence-electron chi connectivity index (χ0n) is 11.4. The predicted octanol–water partition coefficient (Wildman–Crippen LogP) is -2.76. The third kappa shape index (κ3) is 3.46. The van der Waals surface area contributed by atoms with E-state index in [1.54, 1.807) is 0 Å². The van der Waals surface area contributed by atoms with Crippen LogP contribution in [0.3, 0.4) is 0 Å². The topological polar surface area (TPSA) is 19.7 Å². The van der Waals surface area contributed by atoms with E-state index in [0.29, 0.717) is 5.92 Å². The standard InChI is InChI=1S/C14H20N2.2ClH.Cu/c1-4-10(5-2)14-15-12-9-7-8-11(6-3)13(12)16-14;;;/h7-10H,4-6H2,1-3H3,(H,15,16);2*1H;/q;;;+3/p-2. The number of H-pyrrole nitrogens is 1. The van der Waals surface area contributed by atoms with Gasteiger partial charge in [-0.25, -0.2) is 0 Å². The molecule has 2 rings (SSSR count). The molecule has 5 heteroatoms. The Morgan fingerprint density at radius 1 is 1.16 bits per heavy atom. The molecule has 1 aromatic carbocycles. The molecular weight excluding hydrogens is 331 g/mol. The monoisotopic (exact) mass is 349 g/mol. The normalized spacial score (nSPS) is 10.4. The third-order valence-corrected chi connectivity index (χ3v) is 3.95. The van der Waals surface area contributed by atoms with E-state index in [9.17, 15) is 0 Å². The smallest absolute Gasteiger partial charge is 1.00 e. The first kappa shape index (κ1) is 18.8. The van der Waals surface area contributed by atoms with Crippen LogP contribution in [-0.2, 0) is 22.7 Å². The maximum atomic E-state index is 5.74. The van der Waals surface area contributed by atoms with Gasteiger partial charge in [0.2, 0.25) is 0 Å². The number of aromatic nitrogens is 2. The van der Waals surface area contributed by atoms with Gasteiger partial charge in [0.1, 0.15) is 0 Å². The molecule has 110 valence electrons. The van der Waals surface area contributed by atoms with Gasteiger partial charge in [-0.15, -0.1) is 0 Å². The maximum absolute atomic E-state index is 5.74. The number of nitrogens with one attached hydrogen (secondary N) is 1. The first-order chi connectivity index (χ1) is 8.22. The van der Waals surface area contributed by atoms with Crippen molar-refractivity contribution in [1.82, 2.24) is 4.98 Å². The number of hydrogen-bond donors (Lipinski definition) is 1. The molecule has 0 amide bonds. The number of fused-ring (bicyclic) bond motifs is 1. The average Bonchev–Trinajstić information content (AvgIpc) is 2.69. The molecule has 2 aromatic rings. The number of hydrogen-bond acceptors (Lipinski definition) is 0. The summed E-state index contributed by atoms with van der Waals surface area (Å²) in [5.41, 5.74) is 3.66. The molecule has 0 radical (unpaired) electrons. The SMILES string of the molecule is CCc1cccc2[nH]c(C(CC)CC)[n+]([Cu+2])c12.[Cl-].[Cl-]. The van der Waals surface area contributed by atoms with Crippen LogP contribution in [0.1, 0.15) is 50.9 Å². The molecule has 0 aliphatic heterocycles. The van der Waals surface area contributed by atoms with E-state index in [4.69, 9.17) is 16.2 Å². The van der Waals surface area contributed by atoms with E-state index in [0.717, 1.165) is 24.8 Å². The van der Waals surface area contributed by atoms with Crippen molar-refractivity contribution in [2.24, 2.45) is 0 Å². The summed E-state index contributed by atoms with van der Waals surface area (Å²) in [6, 6.07) is 6.37. The number of imidazole rings is 1. The molecule has 1 aromatic heterocycles. The molecular formula is C14H20Cl2CuN2+. The first-order valence-corrected chi connectivity index (χ1v) is 6.83. The van der Waals surface area contributed by atoms with E-state index >= 15 is 0 Å². The van der Waals surface area contributed by atoms with Gasteiger partial charge in [0.05, 0.1) is 0 Å². The maximum Gasteiger partial charge on any atom is -1.00 e. The fourth-order valence-electron chi connectivity index (χ4n) is 2.42. The minimum atomic E-state index is 0. The molecule has 0 spiro atoms. The predicted molar refractivity (Wildman–Crippen MR) is 66.6 cm³/mol. The van der Waals surface area contributed by atoms with Gasteiger partial charge in [0.25, 0.3) is 0 Å². The summed E-state index contributed by atoms with van der Waals surface area (Å²) in [5, 5.41) is 0. The Hall–Kier alpha value is -0.211. The van der Waals surface area contributed by atoms with Crippen molar-refractivity contribution in [3.8, 4) is 0 Å². The van der Waals surface area contributed by atoms with Crippen LogP contribution < -0.4 is 28.4 Å². The zero-order valence-corrected chi connectivity index (χ0v) is 13.9. The van der Waals surface area contributed by atoms with Crippen molar-refractivity contribution in [2.75, 3.05) is 0 Å². The van der Waals surface area contributed by atoms with E-state index < -0.39 is 0 Å². The van der Waals surface area contributed by atoms with Gasteiger partial charge in [-0.2, -0.15) is 0 Å². The Morgan fingerprint density at radius 2 is 1.79 bits per heavy atom. The van der Waals surface area contributed by atoms with Crippen LogP contribution in [0.4, 0.5) is 0 Å². The van der Waals surface area contributed by atoms with Crippen LogP contribution in [0.25, 0.3) is 11.0 Å². The van der Waals surface area contributed by atoms with Crippen molar-refractivity contribution in [3.05, 3.63) is 29.6 Å². The van der Waals surface area contributed by atoms with Crippen LogP contribution in [0.15, 0.2) is 18.2 Å². The fourth-order valence-corrected chi connectivity index (χ4v) is 2.89. The van der Waals surface area contributed by atoms with Crippen molar-refractivity contribution < 1.29 is 44.6 Å². The van der Waals surface area contributed by atoms with Crippen molar-refractivity contribution in [2.45, 2.75) is 46.0 Å². The number of benzene rings is 1. The minimum Gasteiger partial charge on any atom is -1.00 e. The van der Waals surface area contributed by atoms with Crippen LogP contribution in [-0.4, -0.2) is 4.98 Å². The van der Waals surface area contributed by atoms with Gasteiger partial charge in [-0.1, -0.05) is 0 Å². The minimum absolute atomic E-state index is 0. The van der Waals surface area contributed by atoms with Crippen LogP contribution in [0.5, 0.6) is 0 Å².